The van der Waals surface area contributed by atoms with Gasteiger partial charge in [-0.1, -0.05) is 54.6 Å². The van der Waals surface area contributed by atoms with E-state index < -0.39 is 10.9 Å². The van der Waals surface area contributed by atoms with E-state index in [1.807, 2.05) is 42.5 Å². The Bertz CT molecular complexity index is 1470. The highest BCUT2D eigenvalue weighted by atomic mass is 16.6. The molecule has 0 fully saturated rings. The molecule has 0 atom stereocenters. The number of rotatable bonds is 6. The van der Waals surface area contributed by atoms with Crippen LogP contribution in [0, 0.1) is 10.1 Å². The van der Waals surface area contributed by atoms with Crippen molar-refractivity contribution in [2.75, 3.05) is 0 Å². The first-order valence-electron chi connectivity index (χ1n) is 10.5. The molecule has 1 heterocycles. The summed E-state index contributed by atoms with van der Waals surface area (Å²) in [5, 5.41) is 13.0. The number of fused-ring (bicyclic) bond motifs is 1. The Balaban J connectivity index is 1.29. The number of aliphatic imine (C=N–C) groups is 1. The summed E-state index contributed by atoms with van der Waals surface area (Å²) in [6.45, 7) is 0.202. The number of carbonyl (C=O) groups is 1. The predicted molar refractivity (Wildman–Crippen MR) is 128 cm³/mol. The van der Waals surface area contributed by atoms with Crippen molar-refractivity contribution in [2.24, 2.45) is 4.99 Å². The Morgan fingerprint density at radius 2 is 1.71 bits per heavy atom. The Morgan fingerprint density at radius 1 is 0.912 bits per heavy atom. The Morgan fingerprint density at radius 3 is 2.50 bits per heavy atom. The molecule has 166 valence electrons. The topological polar surface area (TPSA) is 91.0 Å². The van der Waals surface area contributed by atoms with E-state index >= 15 is 0 Å². The standard InChI is InChI=1S/C27H18N2O5/c30-27-25(28-26(34-27)22-11-10-20-5-1-2-6-21(20)16-22)15-18-8-12-24(13-9-18)33-17-19-4-3-7-23(14-19)29(31)32/h1-16H,17H2/b25-15-. The summed E-state index contributed by atoms with van der Waals surface area (Å²) in [5.41, 5.74) is 2.44. The zero-order valence-electron chi connectivity index (χ0n) is 17.9. The Labute approximate surface area is 194 Å². The number of nitrogens with zero attached hydrogens (tertiary/aromatic N) is 2. The van der Waals surface area contributed by atoms with Gasteiger partial charge in [0.1, 0.15) is 12.4 Å². The first-order valence-corrected chi connectivity index (χ1v) is 10.5. The van der Waals surface area contributed by atoms with Crippen molar-refractivity contribution in [1.82, 2.24) is 0 Å². The summed E-state index contributed by atoms with van der Waals surface area (Å²) in [4.78, 5) is 27.2. The van der Waals surface area contributed by atoms with Gasteiger partial charge in [0, 0.05) is 17.7 Å². The number of hydrogen-bond acceptors (Lipinski definition) is 6. The van der Waals surface area contributed by atoms with Crippen LogP contribution in [0.5, 0.6) is 5.75 Å². The number of cyclic esters (lactones) is 1. The van der Waals surface area contributed by atoms with Crippen molar-refractivity contribution in [3.63, 3.8) is 0 Å². The monoisotopic (exact) mass is 450 g/mol. The van der Waals surface area contributed by atoms with Crippen LogP contribution in [0.25, 0.3) is 16.8 Å². The van der Waals surface area contributed by atoms with Gasteiger partial charge in [-0.25, -0.2) is 9.79 Å². The zero-order chi connectivity index (χ0) is 23.5. The summed E-state index contributed by atoms with van der Waals surface area (Å²) in [5.74, 6) is 0.371. The molecule has 0 saturated heterocycles. The molecule has 1 aliphatic rings. The van der Waals surface area contributed by atoms with E-state index in [0.29, 0.717) is 11.3 Å². The second-order valence-electron chi connectivity index (χ2n) is 7.68. The van der Waals surface area contributed by atoms with Crippen LogP contribution in [0.15, 0.2) is 102 Å². The average molecular weight is 450 g/mol. The lowest BCUT2D eigenvalue weighted by Gasteiger charge is -2.06. The van der Waals surface area contributed by atoms with Crippen molar-refractivity contribution in [3.05, 3.63) is 123 Å². The SMILES string of the molecule is O=C1OC(c2ccc3ccccc3c2)=N/C1=C\c1ccc(OCc2cccc([N+](=O)[O-])c2)cc1. The second-order valence-corrected chi connectivity index (χ2v) is 7.68. The van der Waals surface area contributed by atoms with Crippen LogP contribution in [-0.4, -0.2) is 16.8 Å². The van der Waals surface area contributed by atoms with Gasteiger partial charge in [0.05, 0.1) is 4.92 Å². The maximum absolute atomic E-state index is 12.3. The molecule has 0 spiro atoms. The Kier molecular flexibility index (Phi) is 5.58. The largest absolute Gasteiger partial charge is 0.489 e. The molecular weight excluding hydrogens is 432 g/mol. The molecule has 1 aliphatic heterocycles. The summed E-state index contributed by atoms with van der Waals surface area (Å²) < 4.78 is 11.1. The maximum atomic E-state index is 12.3. The van der Waals surface area contributed by atoms with Gasteiger partial charge in [-0.05, 0) is 52.2 Å². The molecule has 0 aliphatic carbocycles. The van der Waals surface area contributed by atoms with Crippen molar-refractivity contribution in [1.29, 1.82) is 0 Å². The molecule has 34 heavy (non-hydrogen) atoms. The molecule has 5 rings (SSSR count). The molecule has 4 aromatic carbocycles. The van der Waals surface area contributed by atoms with Crippen LogP contribution in [0.1, 0.15) is 16.7 Å². The lowest BCUT2D eigenvalue weighted by Crippen LogP contribution is -2.05. The third kappa shape index (κ3) is 4.54. The molecule has 7 nitrogen and oxygen atoms in total. The van der Waals surface area contributed by atoms with E-state index in [-0.39, 0.29) is 23.9 Å². The molecule has 0 saturated carbocycles. The van der Waals surface area contributed by atoms with Crippen molar-refractivity contribution >= 4 is 34.4 Å². The number of benzene rings is 4. The van der Waals surface area contributed by atoms with Crippen LogP contribution >= 0.6 is 0 Å². The zero-order valence-corrected chi connectivity index (χ0v) is 17.9. The van der Waals surface area contributed by atoms with Gasteiger partial charge in [0.2, 0.25) is 5.90 Å². The smallest absolute Gasteiger partial charge is 0.363 e. The van der Waals surface area contributed by atoms with Crippen LogP contribution < -0.4 is 4.74 Å². The summed E-state index contributed by atoms with van der Waals surface area (Å²) >= 11 is 0. The molecule has 0 N–H and O–H groups in total. The van der Waals surface area contributed by atoms with Gasteiger partial charge in [0.15, 0.2) is 5.70 Å². The normalized spacial score (nSPS) is 14.2. The molecule has 0 aromatic heterocycles. The van der Waals surface area contributed by atoms with Gasteiger partial charge in [-0.3, -0.25) is 10.1 Å². The first-order chi connectivity index (χ1) is 16.5. The molecule has 0 bridgehead atoms. The third-order valence-electron chi connectivity index (χ3n) is 5.33. The van der Waals surface area contributed by atoms with E-state index in [4.69, 9.17) is 9.47 Å². The van der Waals surface area contributed by atoms with Gasteiger partial charge in [-0.15, -0.1) is 0 Å². The van der Waals surface area contributed by atoms with E-state index in [2.05, 4.69) is 4.99 Å². The minimum Gasteiger partial charge on any atom is -0.489 e. The van der Waals surface area contributed by atoms with Crippen molar-refractivity contribution in [3.8, 4) is 5.75 Å². The van der Waals surface area contributed by atoms with Crippen LogP contribution in [0.2, 0.25) is 0 Å². The van der Waals surface area contributed by atoms with E-state index in [0.717, 1.165) is 21.9 Å². The number of ether oxygens (including phenoxy) is 2. The number of nitro benzene ring substituents is 1. The lowest BCUT2D eigenvalue weighted by molar-refractivity contribution is -0.384. The summed E-state index contributed by atoms with van der Waals surface area (Å²) in [6.07, 6.45) is 1.65. The Hall–Kier alpha value is -4.78. The molecule has 4 aromatic rings. The number of carbonyl (C=O) groups excluding carboxylic acids is 1. The summed E-state index contributed by atoms with van der Waals surface area (Å²) in [6, 6.07) is 27.2. The number of nitro groups is 1. The van der Waals surface area contributed by atoms with E-state index in [9.17, 15) is 14.9 Å². The quantitative estimate of drug-likeness (QED) is 0.163. The lowest BCUT2D eigenvalue weighted by atomic mass is 10.1. The fraction of sp³-hybridized carbons (Fsp3) is 0.0370. The second kappa shape index (κ2) is 8.99. The van der Waals surface area contributed by atoms with Crippen LogP contribution in [0.3, 0.4) is 0 Å². The molecule has 0 unspecified atom stereocenters. The van der Waals surface area contributed by atoms with Crippen LogP contribution in [0.4, 0.5) is 5.69 Å². The molecular formula is C27H18N2O5. The average Bonchev–Trinajstić information content (AvgIpc) is 3.23. The molecule has 0 radical (unpaired) electrons. The van der Waals surface area contributed by atoms with Crippen molar-refractivity contribution in [2.45, 2.75) is 6.61 Å². The van der Waals surface area contributed by atoms with Crippen molar-refractivity contribution < 1.29 is 19.2 Å². The fourth-order valence-corrected chi connectivity index (χ4v) is 3.60. The number of hydrogen-bond donors (Lipinski definition) is 0. The molecule has 7 heteroatoms. The summed E-state index contributed by atoms with van der Waals surface area (Å²) in [7, 11) is 0. The minimum atomic E-state index is -0.505. The van der Waals surface area contributed by atoms with E-state index in [1.54, 1.807) is 42.5 Å². The van der Waals surface area contributed by atoms with Gasteiger partial charge in [0.25, 0.3) is 5.69 Å². The van der Waals surface area contributed by atoms with Gasteiger partial charge < -0.3 is 9.47 Å². The fourth-order valence-electron chi connectivity index (χ4n) is 3.60. The van der Waals surface area contributed by atoms with E-state index in [1.165, 1.54) is 12.1 Å². The van der Waals surface area contributed by atoms with Crippen LogP contribution in [-0.2, 0) is 16.1 Å². The number of esters is 1. The highest BCUT2D eigenvalue weighted by Crippen LogP contribution is 2.23. The molecule has 0 amide bonds. The maximum Gasteiger partial charge on any atom is 0.363 e. The third-order valence-corrected chi connectivity index (χ3v) is 5.33. The van der Waals surface area contributed by atoms with Gasteiger partial charge >= 0.3 is 5.97 Å². The highest BCUT2D eigenvalue weighted by molar-refractivity contribution is 6.13. The minimum absolute atomic E-state index is 0.0233. The highest BCUT2D eigenvalue weighted by Gasteiger charge is 2.24. The predicted octanol–water partition coefficient (Wildman–Crippen LogP) is 5.67. The first kappa shape index (κ1) is 21.1. The van der Waals surface area contributed by atoms with Gasteiger partial charge in [-0.2, -0.15) is 0 Å². The number of non-ortho nitro benzene ring substituents is 1.